The van der Waals surface area contributed by atoms with Crippen molar-refractivity contribution in [2.24, 2.45) is 0 Å². The second-order valence-corrected chi connectivity index (χ2v) is 8.37. The number of rotatable bonds is 3. The lowest BCUT2D eigenvalue weighted by Gasteiger charge is -2.38. The van der Waals surface area contributed by atoms with Gasteiger partial charge in [-0.05, 0) is 30.7 Å². The number of aryl methyl sites for hydroxylation is 1. The quantitative estimate of drug-likeness (QED) is 0.695. The first-order valence-electron chi connectivity index (χ1n) is 11.0. The first-order valence-corrected chi connectivity index (χ1v) is 11.0. The van der Waals surface area contributed by atoms with Crippen LogP contribution in [0, 0.1) is 6.92 Å². The number of benzene rings is 2. The molecule has 5 rings (SSSR count). The predicted octanol–water partition coefficient (Wildman–Crippen LogP) is 3.13. The molecule has 2 amide bonds. The van der Waals surface area contributed by atoms with Crippen molar-refractivity contribution in [3.05, 3.63) is 65.4 Å². The molecule has 0 bridgehead atoms. The van der Waals surface area contributed by atoms with E-state index in [0.29, 0.717) is 50.6 Å². The SMILES string of the molecule is Cc1cccc(/C=C2/Oc3ccccc3N(CC(=O)N3CCC4(CC3)OCCO4)C2=O)c1. The lowest BCUT2D eigenvalue weighted by molar-refractivity contribution is -0.187. The summed E-state index contributed by atoms with van der Waals surface area (Å²) >= 11 is 0. The van der Waals surface area contributed by atoms with E-state index in [0.717, 1.165) is 11.1 Å². The van der Waals surface area contributed by atoms with Crippen LogP contribution >= 0.6 is 0 Å². The van der Waals surface area contributed by atoms with E-state index >= 15 is 0 Å². The van der Waals surface area contributed by atoms with Gasteiger partial charge in [0.25, 0.3) is 5.91 Å². The van der Waals surface area contributed by atoms with Crippen LogP contribution in [-0.4, -0.2) is 55.3 Å². The minimum atomic E-state index is -0.540. The minimum Gasteiger partial charge on any atom is -0.449 e. The third-order valence-electron chi connectivity index (χ3n) is 6.16. The number of carbonyl (C=O) groups excluding carboxylic acids is 2. The highest BCUT2D eigenvalue weighted by atomic mass is 16.7. The Bertz CT molecular complexity index is 1060. The maximum absolute atomic E-state index is 13.3. The fourth-order valence-electron chi connectivity index (χ4n) is 4.45. The molecule has 166 valence electrons. The van der Waals surface area contributed by atoms with Gasteiger partial charge < -0.3 is 19.1 Å². The van der Waals surface area contributed by atoms with Crippen molar-refractivity contribution in [3.63, 3.8) is 0 Å². The largest absolute Gasteiger partial charge is 0.449 e. The third-order valence-corrected chi connectivity index (χ3v) is 6.16. The van der Waals surface area contributed by atoms with Crippen molar-refractivity contribution >= 4 is 23.6 Å². The number of likely N-dealkylation sites (tertiary alicyclic amines) is 1. The number of carbonyl (C=O) groups is 2. The fraction of sp³-hybridized carbons (Fsp3) is 0.360. The summed E-state index contributed by atoms with van der Waals surface area (Å²) in [5.41, 5.74) is 2.56. The average Bonchev–Trinajstić information content (AvgIpc) is 3.25. The maximum Gasteiger partial charge on any atom is 0.294 e. The van der Waals surface area contributed by atoms with Crippen LogP contribution in [0.25, 0.3) is 6.08 Å². The molecule has 0 unspecified atom stereocenters. The number of piperidine rings is 1. The van der Waals surface area contributed by atoms with Gasteiger partial charge in [-0.3, -0.25) is 14.5 Å². The van der Waals surface area contributed by atoms with Crippen LogP contribution in [0.4, 0.5) is 5.69 Å². The highest BCUT2D eigenvalue weighted by Crippen LogP contribution is 2.36. The molecule has 0 N–H and O–H groups in total. The van der Waals surface area contributed by atoms with Crippen LogP contribution in [-0.2, 0) is 19.1 Å². The van der Waals surface area contributed by atoms with Gasteiger partial charge in [-0.2, -0.15) is 0 Å². The Hall–Kier alpha value is -3.16. The normalized spacial score (nSPS) is 21.0. The number of hydrogen-bond acceptors (Lipinski definition) is 5. The first kappa shape index (κ1) is 20.7. The molecule has 0 aromatic heterocycles. The van der Waals surface area contributed by atoms with Crippen LogP contribution in [0.3, 0.4) is 0 Å². The Kier molecular flexibility index (Phi) is 5.45. The van der Waals surface area contributed by atoms with E-state index in [1.807, 2.05) is 49.4 Å². The van der Waals surface area contributed by atoms with Gasteiger partial charge in [-0.15, -0.1) is 0 Å². The first-order chi connectivity index (χ1) is 15.5. The zero-order valence-electron chi connectivity index (χ0n) is 18.1. The number of fused-ring (bicyclic) bond motifs is 1. The lowest BCUT2D eigenvalue weighted by Crippen LogP contribution is -2.51. The van der Waals surface area contributed by atoms with Crippen LogP contribution < -0.4 is 9.64 Å². The Labute approximate surface area is 187 Å². The summed E-state index contributed by atoms with van der Waals surface area (Å²) in [7, 11) is 0. The molecule has 0 aliphatic carbocycles. The Morgan fingerprint density at radius 2 is 1.81 bits per heavy atom. The van der Waals surface area contributed by atoms with Gasteiger partial charge in [0.05, 0.1) is 18.9 Å². The van der Waals surface area contributed by atoms with Gasteiger partial charge in [0, 0.05) is 25.9 Å². The molecule has 2 fully saturated rings. The molecule has 7 nitrogen and oxygen atoms in total. The summed E-state index contributed by atoms with van der Waals surface area (Å²) in [5.74, 6) is -0.203. The molecule has 3 aliphatic heterocycles. The predicted molar refractivity (Wildman–Crippen MR) is 119 cm³/mol. The molecule has 7 heteroatoms. The summed E-state index contributed by atoms with van der Waals surface area (Å²) in [6.45, 7) is 4.25. The molecule has 0 radical (unpaired) electrons. The molecular formula is C25H26N2O5. The zero-order valence-corrected chi connectivity index (χ0v) is 18.1. The van der Waals surface area contributed by atoms with Crippen LogP contribution in [0.5, 0.6) is 5.75 Å². The highest BCUT2D eigenvalue weighted by molar-refractivity contribution is 6.12. The molecule has 3 aliphatic rings. The Morgan fingerprint density at radius 3 is 2.56 bits per heavy atom. The number of nitrogens with zero attached hydrogens (tertiary/aromatic N) is 2. The molecule has 0 atom stereocenters. The van der Waals surface area contributed by atoms with Crippen molar-refractivity contribution < 1.29 is 23.8 Å². The number of ether oxygens (including phenoxy) is 3. The molecule has 0 saturated carbocycles. The van der Waals surface area contributed by atoms with E-state index in [2.05, 4.69) is 0 Å². The lowest BCUT2D eigenvalue weighted by atomic mass is 10.0. The van der Waals surface area contributed by atoms with Gasteiger partial charge >= 0.3 is 0 Å². The molecule has 3 heterocycles. The van der Waals surface area contributed by atoms with Gasteiger partial charge in [0.15, 0.2) is 17.3 Å². The number of para-hydroxylation sites is 2. The van der Waals surface area contributed by atoms with E-state index < -0.39 is 5.79 Å². The average molecular weight is 434 g/mol. The summed E-state index contributed by atoms with van der Waals surface area (Å²) in [6, 6.07) is 15.1. The van der Waals surface area contributed by atoms with E-state index in [4.69, 9.17) is 14.2 Å². The van der Waals surface area contributed by atoms with Crippen molar-refractivity contribution in [3.8, 4) is 5.75 Å². The zero-order chi connectivity index (χ0) is 22.1. The number of anilines is 1. The Morgan fingerprint density at radius 1 is 1.06 bits per heavy atom. The van der Waals surface area contributed by atoms with Gasteiger partial charge in [-0.25, -0.2) is 0 Å². The summed E-state index contributed by atoms with van der Waals surface area (Å²) in [5, 5.41) is 0. The van der Waals surface area contributed by atoms with Crippen LogP contribution in [0.1, 0.15) is 24.0 Å². The standard InChI is InChI=1S/C25H26N2O5/c1-18-5-4-6-19(15-18)16-22-24(29)27(20-7-2-3-8-21(20)32-22)17-23(28)26-11-9-25(10-12-26)30-13-14-31-25/h2-8,15-16H,9-14,17H2,1H3/b22-16+. The van der Waals surface area contributed by atoms with E-state index in [1.165, 1.54) is 4.90 Å². The van der Waals surface area contributed by atoms with Crippen molar-refractivity contribution in [1.29, 1.82) is 0 Å². The molecule has 2 aromatic rings. The minimum absolute atomic E-state index is 0.0426. The van der Waals surface area contributed by atoms with Crippen molar-refractivity contribution in [1.82, 2.24) is 4.90 Å². The number of hydrogen-bond donors (Lipinski definition) is 0. The topological polar surface area (TPSA) is 68.3 Å². The fourth-order valence-corrected chi connectivity index (χ4v) is 4.45. The van der Waals surface area contributed by atoms with Crippen molar-refractivity contribution in [2.45, 2.75) is 25.6 Å². The third kappa shape index (κ3) is 4.01. The molecule has 2 aromatic carbocycles. The maximum atomic E-state index is 13.3. The van der Waals surface area contributed by atoms with Gasteiger partial charge in [0.2, 0.25) is 5.91 Å². The smallest absolute Gasteiger partial charge is 0.294 e. The molecular weight excluding hydrogens is 408 g/mol. The molecule has 1 spiro atoms. The highest BCUT2D eigenvalue weighted by Gasteiger charge is 2.41. The van der Waals surface area contributed by atoms with Crippen LogP contribution in [0.15, 0.2) is 54.3 Å². The second kappa shape index (κ2) is 8.41. The van der Waals surface area contributed by atoms with E-state index in [-0.39, 0.29) is 24.1 Å². The van der Waals surface area contributed by atoms with Gasteiger partial charge in [0.1, 0.15) is 6.54 Å². The van der Waals surface area contributed by atoms with Gasteiger partial charge in [-0.1, -0.05) is 42.0 Å². The number of amides is 2. The summed E-state index contributed by atoms with van der Waals surface area (Å²) in [6.07, 6.45) is 3.01. The Balaban J connectivity index is 1.36. The second-order valence-electron chi connectivity index (χ2n) is 8.37. The summed E-state index contributed by atoms with van der Waals surface area (Å²) in [4.78, 5) is 29.7. The molecule has 2 saturated heterocycles. The van der Waals surface area contributed by atoms with E-state index in [9.17, 15) is 9.59 Å². The van der Waals surface area contributed by atoms with Crippen molar-refractivity contribution in [2.75, 3.05) is 37.7 Å². The molecule has 32 heavy (non-hydrogen) atoms. The summed E-state index contributed by atoms with van der Waals surface area (Å²) < 4.78 is 17.4. The van der Waals surface area contributed by atoms with Crippen LogP contribution in [0.2, 0.25) is 0 Å². The van der Waals surface area contributed by atoms with E-state index in [1.54, 1.807) is 17.0 Å². The monoisotopic (exact) mass is 434 g/mol.